The van der Waals surface area contributed by atoms with Gasteiger partial charge < -0.3 is 15.8 Å². The van der Waals surface area contributed by atoms with Crippen molar-refractivity contribution in [2.75, 3.05) is 31.3 Å². The first-order valence-electron chi connectivity index (χ1n) is 5.83. The molecular weight excluding hydrogens is 200 g/mol. The minimum atomic E-state index is 0.457. The monoisotopic (exact) mass is 220 g/mol. The van der Waals surface area contributed by atoms with Gasteiger partial charge in [-0.25, -0.2) is 0 Å². The summed E-state index contributed by atoms with van der Waals surface area (Å²) in [5, 5.41) is 3.44. The maximum absolute atomic E-state index is 5.88. The van der Waals surface area contributed by atoms with E-state index in [2.05, 4.69) is 5.32 Å². The normalized spacial score (nSPS) is 17.1. The Kier molecular flexibility index (Phi) is 3.34. The van der Waals surface area contributed by atoms with Crippen LogP contribution in [-0.4, -0.2) is 20.3 Å². The SMILES string of the molecule is COCCC1(CNc2ccccc2N)CC1. The van der Waals surface area contributed by atoms with E-state index in [1.165, 1.54) is 12.8 Å². The van der Waals surface area contributed by atoms with Crippen molar-refractivity contribution in [2.24, 2.45) is 5.41 Å². The maximum Gasteiger partial charge on any atom is 0.0574 e. The molecule has 0 spiro atoms. The van der Waals surface area contributed by atoms with Crippen LogP contribution in [0.5, 0.6) is 0 Å². The van der Waals surface area contributed by atoms with Crippen LogP contribution in [0.15, 0.2) is 24.3 Å². The number of hydrogen-bond acceptors (Lipinski definition) is 3. The molecule has 0 heterocycles. The molecule has 3 nitrogen and oxygen atoms in total. The Bertz CT molecular complexity index is 348. The third-order valence-corrected chi connectivity index (χ3v) is 3.41. The molecule has 0 aromatic heterocycles. The summed E-state index contributed by atoms with van der Waals surface area (Å²) < 4.78 is 5.14. The Hall–Kier alpha value is -1.22. The van der Waals surface area contributed by atoms with Gasteiger partial charge in [0.1, 0.15) is 0 Å². The number of para-hydroxylation sites is 2. The van der Waals surface area contributed by atoms with Crippen LogP contribution in [0.3, 0.4) is 0 Å². The van der Waals surface area contributed by atoms with Gasteiger partial charge in [0, 0.05) is 20.3 Å². The molecule has 1 aliphatic rings. The fourth-order valence-corrected chi connectivity index (χ4v) is 1.95. The summed E-state index contributed by atoms with van der Waals surface area (Å²) >= 11 is 0. The highest BCUT2D eigenvalue weighted by molar-refractivity contribution is 5.65. The second kappa shape index (κ2) is 4.74. The van der Waals surface area contributed by atoms with Gasteiger partial charge in [0.15, 0.2) is 0 Å². The van der Waals surface area contributed by atoms with Crippen molar-refractivity contribution in [3.63, 3.8) is 0 Å². The van der Waals surface area contributed by atoms with Crippen molar-refractivity contribution in [1.29, 1.82) is 0 Å². The zero-order chi connectivity index (χ0) is 11.4. The van der Waals surface area contributed by atoms with Crippen molar-refractivity contribution in [3.05, 3.63) is 24.3 Å². The lowest BCUT2D eigenvalue weighted by Gasteiger charge is -2.17. The van der Waals surface area contributed by atoms with Crippen LogP contribution in [0, 0.1) is 5.41 Å². The van der Waals surface area contributed by atoms with Crippen LogP contribution in [-0.2, 0) is 4.74 Å². The number of nitrogens with two attached hydrogens (primary N) is 1. The van der Waals surface area contributed by atoms with Gasteiger partial charge in [-0.15, -0.1) is 0 Å². The molecule has 1 aliphatic carbocycles. The van der Waals surface area contributed by atoms with Gasteiger partial charge in [0.25, 0.3) is 0 Å². The molecule has 0 bridgehead atoms. The van der Waals surface area contributed by atoms with Crippen molar-refractivity contribution in [3.8, 4) is 0 Å². The third kappa shape index (κ3) is 2.67. The van der Waals surface area contributed by atoms with E-state index in [0.29, 0.717) is 5.41 Å². The van der Waals surface area contributed by atoms with Gasteiger partial charge in [-0.2, -0.15) is 0 Å². The molecule has 1 aromatic rings. The molecule has 0 unspecified atom stereocenters. The van der Waals surface area contributed by atoms with Crippen molar-refractivity contribution in [2.45, 2.75) is 19.3 Å². The fraction of sp³-hybridized carbons (Fsp3) is 0.538. The van der Waals surface area contributed by atoms with Crippen LogP contribution in [0.1, 0.15) is 19.3 Å². The molecule has 0 radical (unpaired) electrons. The minimum absolute atomic E-state index is 0.457. The lowest BCUT2D eigenvalue weighted by Crippen LogP contribution is -2.17. The molecule has 16 heavy (non-hydrogen) atoms. The smallest absolute Gasteiger partial charge is 0.0574 e. The van der Waals surface area contributed by atoms with E-state index in [0.717, 1.165) is 30.9 Å². The van der Waals surface area contributed by atoms with Crippen LogP contribution in [0.4, 0.5) is 11.4 Å². The summed E-state index contributed by atoms with van der Waals surface area (Å²) in [7, 11) is 1.76. The van der Waals surface area contributed by atoms with Gasteiger partial charge in [-0.3, -0.25) is 0 Å². The number of ether oxygens (including phenoxy) is 1. The van der Waals surface area contributed by atoms with E-state index >= 15 is 0 Å². The molecule has 1 aromatic carbocycles. The number of nitrogens with one attached hydrogen (secondary N) is 1. The number of nitrogen functional groups attached to an aromatic ring is 1. The van der Waals surface area contributed by atoms with Crippen LogP contribution >= 0.6 is 0 Å². The number of methoxy groups -OCH3 is 1. The van der Waals surface area contributed by atoms with E-state index in [1.54, 1.807) is 7.11 Å². The fourth-order valence-electron chi connectivity index (χ4n) is 1.95. The first-order chi connectivity index (χ1) is 7.76. The van der Waals surface area contributed by atoms with Crippen LogP contribution < -0.4 is 11.1 Å². The van der Waals surface area contributed by atoms with Gasteiger partial charge in [0.2, 0.25) is 0 Å². The van der Waals surface area contributed by atoms with Gasteiger partial charge in [-0.1, -0.05) is 12.1 Å². The molecule has 0 atom stereocenters. The molecule has 0 amide bonds. The highest BCUT2D eigenvalue weighted by Crippen LogP contribution is 2.48. The predicted molar refractivity (Wildman–Crippen MR) is 67.5 cm³/mol. The first-order valence-corrected chi connectivity index (χ1v) is 5.83. The zero-order valence-corrected chi connectivity index (χ0v) is 9.83. The van der Waals surface area contributed by atoms with Crippen molar-refractivity contribution >= 4 is 11.4 Å². The van der Waals surface area contributed by atoms with E-state index < -0.39 is 0 Å². The Labute approximate surface area is 97.0 Å². The summed E-state index contributed by atoms with van der Waals surface area (Å²) in [5.41, 5.74) is 8.21. The third-order valence-electron chi connectivity index (χ3n) is 3.41. The number of benzene rings is 1. The lowest BCUT2D eigenvalue weighted by atomic mass is 10.0. The second-order valence-corrected chi connectivity index (χ2v) is 4.68. The molecule has 3 N–H and O–H groups in total. The molecular formula is C13H20N2O. The minimum Gasteiger partial charge on any atom is -0.397 e. The molecule has 1 fully saturated rings. The number of rotatable bonds is 6. The highest BCUT2D eigenvalue weighted by Gasteiger charge is 2.41. The number of hydrogen-bond donors (Lipinski definition) is 2. The summed E-state index contributed by atoms with van der Waals surface area (Å²) in [6.07, 6.45) is 3.75. The van der Waals surface area contributed by atoms with Gasteiger partial charge in [0.05, 0.1) is 11.4 Å². The van der Waals surface area contributed by atoms with Gasteiger partial charge in [-0.05, 0) is 36.8 Å². The van der Waals surface area contributed by atoms with E-state index in [4.69, 9.17) is 10.5 Å². The second-order valence-electron chi connectivity index (χ2n) is 4.68. The van der Waals surface area contributed by atoms with Crippen LogP contribution in [0.2, 0.25) is 0 Å². The average molecular weight is 220 g/mol. The summed E-state index contributed by atoms with van der Waals surface area (Å²) in [4.78, 5) is 0. The lowest BCUT2D eigenvalue weighted by molar-refractivity contribution is 0.175. The largest absolute Gasteiger partial charge is 0.397 e. The Morgan fingerprint density at radius 3 is 2.75 bits per heavy atom. The average Bonchev–Trinajstić information content (AvgIpc) is 3.06. The highest BCUT2D eigenvalue weighted by atomic mass is 16.5. The standard InChI is InChI=1S/C13H20N2O/c1-16-9-8-13(6-7-13)10-15-12-5-3-2-4-11(12)14/h2-5,15H,6-10,14H2,1H3. The topological polar surface area (TPSA) is 47.3 Å². The molecule has 0 aliphatic heterocycles. The zero-order valence-electron chi connectivity index (χ0n) is 9.83. The van der Waals surface area contributed by atoms with E-state index in [1.807, 2.05) is 24.3 Å². The predicted octanol–water partition coefficient (Wildman–Crippen LogP) is 2.50. The molecule has 0 saturated heterocycles. The van der Waals surface area contributed by atoms with E-state index in [-0.39, 0.29) is 0 Å². The van der Waals surface area contributed by atoms with E-state index in [9.17, 15) is 0 Å². The van der Waals surface area contributed by atoms with Crippen LogP contribution in [0.25, 0.3) is 0 Å². The quantitative estimate of drug-likeness (QED) is 0.724. The summed E-state index contributed by atoms with van der Waals surface area (Å²) in [6.45, 7) is 1.86. The Morgan fingerprint density at radius 1 is 1.38 bits per heavy atom. The molecule has 88 valence electrons. The number of anilines is 2. The molecule has 2 rings (SSSR count). The van der Waals surface area contributed by atoms with Gasteiger partial charge >= 0.3 is 0 Å². The summed E-state index contributed by atoms with van der Waals surface area (Å²) in [5.74, 6) is 0. The molecule has 1 saturated carbocycles. The Balaban J connectivity index is 1.85. The Morgan fingerprint density at radius 2 is 2.12 bits per heavy atom. The maximum atomic E-state index is 5.88. The summed E-state index contributed by atoms with van der Waals surface area (Å²) in [6, 6.07) is 7.92. The van der Waals surface area contributed by atoms with Crippen molar-refractivity contribution < 1.29 is 4.74 Å². The van der Waals surface area contributed by atoms with Crippen molar-refractivity contribution in [1.82, 2.24) is 0 Å². The molecule has 3 heteroatoms. The first kappa shape index (κ1) is 11.3.